The first-order chi connectivity index (χ1) is 5.45. The molecule has 0 amide bonds. The van der Waals surface area contributed by atoms with E-state index >= 15 is 0 Å². The van der Waals surface area contributed by atoms with Crippen LogP contribution in [-0.4, -0.2) is 0 Å². The lowest BCUT2D eigenvalue weighted by Crippen LogP contribution is -2.13. The molecule has 3 aliphatic carbocycles. The van der Waals surface area contributed by atoms with Gasteiger partial charge in [-0.05, 0) is 38.0 Å². The van der Waals surface area contributed by atoms with E-state index in [9.17, 15) is 0 Å². The van der Waals surface area contributed by atoms with Crippen LogP contribution in [0, 0.1) is 11.8 Å². The number of allylic oxidation sites excluding steroid dienone is 4. The molecular formula is C11H14. The molecule has 3 rings (SSSR count). The van der Waals surface area contributed by atoms with Crippen molar-refractivity contribution >= 4 is 0 Å². The summed E-state index contributed by atoms with van der Waals surface area (Å²) >= 11 is 0. The van der Waals surface area contributed by atoms with Crippen LogP contribution in [0.5, 0.6) is 0 Å². The molecule has 0 aromatic heterocycles. The minimum Gasteiger partial charge on any atom is -0.0847 e. The summed E-state index contributed by atoms with van der Waals surface area (Å²) in [7, 11) is 0. The van der Waals surface area contributed by atoms with Crippen LogP contribution < -0.4 is 0 Å². The summed E-state index contributed by atoms with van der Waals surface area (Å²) in [5.74, 6) is 1.95. The van der Waals surface area contributed by atoms with Gasteiger partial charge >= 0.3 is 0 Å². The molecule has 0 bridgehead atoms. The fourth-order valence-corrected chi connectivity index (χ4v) is 3.11. The molecule has 58 valence electrons. The van der Waals surface area contributed by atoms with Crippen molar-refractivity contribution < 1.29 is 0 Å². The van der Waals surface area contributed by atoms with Crippen LogP contribution in [0.1, 0.15) is 32.1 Å². The maximum absolute atomic E-state index is 2.52. The maximum Gasteiger partial charge on any atom is 0.00385 e. The van der Waals surface area contributed by atoms with Crippen LogP contribution in [0.3, 0.4) is 0 Å². The van der Waals surface area contributed by atoms with Gasteiger partial charge in [-0.15, -0.1) is 0 Å². The summed E-state index contributed by atoms with van der Waals surface area (Å²) in [6, 6.07) is 0. The largest absolute Gasteiger partial charge is 0.0847 e. The Morgan fingerprint density at radius 1 is 1.09 bits per heavy atom. The molecule has 11 heavy (non-hydrogen) atoms. The highest BCUT2D eigenvalue weighted by atomic mass is 14.4. The fourth-order valence-electron chi connectivity index (χ4n) is 3.11. The topological polar surface area (TPSA) is 0 Å². The van der Waals surface area contributed by atoms with Crippen molar-refractivity contribution in [1.29, 1.82) is 0 Å². The van der Waals surface area contributed by atoms with Crippen LogP contribution in [0.25, 0.3) is 0 Å². The zero-order chi connectivity index (χ0) is 7.26. The number of hydrogen-bond acceptors (Lipinski definition) is 0. The predicted molar refractivity (Wildman–Crippen MR) is 46.2 cm³/mol. The van der Waals surface area contributed by atoms with E-state index in [0.717, 1.165) is 11.8 Å². The summed E-state index contributed by atoms with van der Waals surface area (Å²) in [5, 5.41) is 0. The average Bonchev–Trinajstić information content (AvgIpc) is 2.60. The lowest BCUT2D eigenvalue weighted by Gasteiger charge is -2.23. The SMILES string of the molecule is C1=C2CCC3=CCC(CC1)C23. The zero-order valence-electron chi connectivity index (χ0n) is 6.84. The second-order valence-electron chi connectivity index (χ2n) is 4.11. The molecule has 0 nitrogen and oxygen atoms in total. The fraction of sp³-hybridized carbons (Fsp3) is 0.636. The normalized spacial score (nSPS) is 40.0. The minimum absolute atomic E-state index is 0.934. The van der Waals surface area contributed by atoms with E-state index in [1.165, 1.54) is 32.1 Å². The van der Waals surface area contributed by atoms with Crippen molar-refractivity contribution in [1.82, 2.24) is 0 Å². The number of hydrogen-bond donors (Lipinski definition) is 0. The lowest BCUT2D eigenvalue weighted by molar-refractivity contribution is 0.418. The third kappa shape index (κ3) is 0.702. The molecule has 3 aliphatic rings. The summed E-state index contributed by atoms with van der Waals surface area (Å²) in [6.45, 7) is 0. The Morgan fingerprint density at radius 3 is 2.82 bits per heavy atom. The van der Waals surface area contributed by atoms with Gasteiger partial charge in [0, 0.05) is 5.92 Å². The van der Waals surface area contributed by atoms with Crippen molar-refractivity contribution in [2.75, 3.05) is 0 Å². The summed E-state index contributed by atoms with van der Waals surface area (Å²) in [4.78, 5) is 0. The van der Waals surface area contributed by atoms with Gasteiger partial charge in [0.05, 0.1) is 0 Å². The molecule has 0 heterocycles. The predicted octanol–water partition coefficient (Wildman–Crippen LogP) is 3.06. The van der Waals surface area contributed by atoms with Crippen molar-refractivity contribution in [3.63, 3.8) is 0 Å². The van der Waals surface area contributed by atoms with Crippen LogP contribution in [0.2, 0.25) is 0 Å². The highest BCUT2D eigenvalue weighted by molar-refractivity contribution is 5.35. The second-order valence-corrected chi connectivity index (χ2v) is 4.11. The van der Waals surface area contributed by atoms with Crippen molar-refractivity contribution in [2.24, 2.45) is 11.8 Å². The molecule has 0 radical (unpaired) electrons. The van der Waals surface area contributed by atoms with E-state index in [-0.39, 0.29) is 0 Å². The van der Waals surface area contributed by atoms with Crippen molar-refractivity contribution in [3.05, 3.63) is 23.3 Å². The molecule has 2 unspecified atom stereocenters. The van der Waals surface area contributed by atoms with Crippen molar-refractivity contribution in [2.45, 2.75) is 32.1 Å². The van der Waals surface area contributed by atoms with Gasteiger partial charge in [0.1, 0.15) is 0 Å². The summed E-state index contributed by atoms with van der Waals surface area (Å²) < 4.78 is 0. The Balaban J connectivity index is 2.07. The maximum atomic E-state index is 2.52. The molecule has 0 spiro atoms. The van der Waals surface area contributed by atoms with Gasteiger partial charge in [-0.2, -0.15) is 0 Å². The van der Waals surface area contributed by atoms with E-state index in [0.29, 0.717) is 0 Å². The molecule has 0 N–H and O–H groups in total. The van der Waals surface area contributed by atoms with Gasteiger partial charge in [0.15, 0.2) is 0 Å². The first kappa shape index (κ1) is 6.05. The quantitative estimate of drug-likeness (QED) is 0.461. The Morgan fingerprint density at radius 2 is 1.91 bits per heavy atom. The van der Waals surface area contributed by atoms with Gasteiger partial charge in [0.25, 0.3) is 0 Å². The smallest absolute Gasteiger partial charge is 0.00385 e. The molecule has 0 saturated heterocycles. The van der Waals surface area contributed by atoms with E-state index < -0.39 is 0 Å². The molecule has 0 aliphatic heterocycles. The molecule has 1 fully saturated rings. The van der Waals surface area contributed by atoms with Gasteiger partial charge in [-0.1, -0.05) is 23.3 Å². The third-order valence-electron chi connectivity index (χ3n) is 3.60. The van der Waals surface area contributed by atoms with Crippen LogP contribution in [0.15, 0.2) is 23.3 Å². The molecule has 0 aromatic rings. The first-order valence-corrected chi connectivity index (χ1v) is 4.83. The average molecular weight is 146 g/mol. The van der Waals surface area contributed by atoms with Crippen molar-refractivity contribution in [3.8, 4) is 0 Å². The zero-order valence-corrected chi connectivity index (χ0v) is 6.84. The number of rotatable bonds is 0. The summed E-state index contributed by atoms with van der Waals surface area (Å²) in [6.07, 6.45) is 12.0. The molecular weight excluding hydrogens is 132 g/mol. The first-order valence-electron chi connectivity index (χ1n) is 4.83. The van der Waals surface area contributed by atoms with Gasteiger partial charge in [-0.3, -0.25) is 0 Å². The summed E-state index contributed by atoms with van der Waals surface area (Å²) in [5.41, 5.74) is 3.56. The molecule has 1 saturated carbocycles. The molecule has 0 heteroatoms. The Labute approximate surface area is 68.0 Å². The Hall–Kier alpha value is -0.520. The van der Waals surface area contributed by atoms with E-state index in [1.54, 1.807) is 11.1 Å². The van der Waals surface area contributed by atoms with E-state index in [2.05, 4.69) is 12.2 Å². The van der Waals surface area contributed by atoms with E-state index in [1.807, 2.05) is 0 Å². The molecule has 2 atom stereocenters. The van der Waals surface area contributed by atoms with Gasteiger partial charge in [-0.25, -0.2) is 0 Å². The Kier molecular flexibility index (Phi) is 1.10. The monoisotopic (exact) mass is 146 g/mol. The standard InChI is InChI=1S/C11H14/c1-2-8-4-6-10-7-5-9(3-1)11(8)10/h2,7,9,11H,1,3-6H2. The van der Waals surface area contributed by atoms with Gasteiger partial charge in [0.2, 0.25) is 0 Å². The van der Waals surface area contributed by atoms with E-state index in [4.69, 9.17) is 0 Å². The molecule has 0 aromatic carbocycles. The second kappa shape index (κ2) is 2.00. The Bertz CT molecular complexity index is 245. The van der Waals surface area contributed by atoms with Crippen LogP contribution >= 0.6 is 0 Å². The van der Waals surface area contributed by atoms with Crippen LogP contribution in [-0.2, 0) is 0 Å². The lowest BCUT2D eigenvalue weighted by atomic mass is 9.81. The highest BCUT2D eigenvalue weighted by Crippen LogP contribution is 2.50. The third-order valence-corrected chi connectivity index (χ3v) is 3.60. The van der Waals surface area contributed by atoms with Gasteiger partial charge < -0.3 is 0 Å². The minimum atomic E-state index is 0.934. The van der Waals surface area contributed by atoms with Crippen LogP contribution in [0.4, 0.5) is 0 Å². The highest BCUT2D eigenvalue weighted by Gasteiger charge is 2.37.